The Balaban J connectivity index is 1.72. The molecule has 1 aromatic heterocycles. The largest absolute Gasteiger partial charge is 0.493 e. The van der Waals surface area contributed by atoms with E-state index in [1.54, 1.807) is 31.6 Å². The molecule has 3 aromatic rings. The summed E-state index contributed by atoms with van der Waals surface area (Å²) in [6.45, 7) is 1.27. The van der Waals surface area contributed by atoms with E-state index in [2.05, 4.69) is 18.2 Å². The molecule has 4 nitrogen and oxygen atoms in total. The maximum Gasteiger partial charge on any atom is 0.246 e. The van der Waals surface area contributed by atoms with E-state index in [1.165, 1.54) is 10.4 Å². The van der Waals surface area contributed by atoms with Crippen LogP contribution in [0.15, 0.2) is 72.1 Å². The Kier molecular flexibility index (Phi) is 7.47. The zero-order valence-corrected chi connectivity index (χ0v) is 17.5. The lowest BCUT2D eigenvalue weighted by molar-refractivity contribution is -0.126. The molecule has 0 saturated carbocycles. The van der Waals surface area contributed by atoms with Crippen LogP contribution in [0.3, 0.4) is 0 Å². The fourth-order valence-corrected chi connectivity index (χ4v) is 3.72. The molecule has 0 radical (unpaired) electrons. The summed E-state index contributed by atoms with van der Waals surface area (Å²) < 4.78 is 10.6. The molecular formula is C24H25NO3S. The number of amides is 1. The Hall–Kier alpha value is -3.05. The van der Waals surface area contributed by atoms with Crippen LogP contribution in [0, 0.1) is 0 Å². The van der Waals surface area contributed by atoms with Crippen LogP contribution < -0.4 is 9.47 Å². The molecule has 0 spiro atoms. The Bertz CT molecular complexity index is 936. The summed E-state index contributed by atoms with van der Waals surface area (Å²) in [6.07, 6.45) is 4.26. The van der Waals surface area contributed by atoms with E-state index in [4.69, 9.17) is 9.47 Å². The van der Waals surface area contributed by atoms with Crippen LogP contribution in [0.4, 0.5) is 0 Å². The average Bonchev–Trinajstić information content (AvgIpc) is 3.28. The minimum Gasteiger partial charge on any atom is -0.493 e. The minimum absolute atomic E-state index is 0.0101. The number of thiophene rings is 1. The van der Waals surface area contributed by atoms with Gasteiger partial charge in [-0.15, -0.1) is 11.3 Å². The van der Waals surface area contributed by atoms with Gasteiger partial charge >= 0.3 is 0 Å². The monoisotopic (exact) mass is 407 g/mol. The average molecular weight is 408 g/mol. The molecule has 150 valence electrons. The first-order valence-electron chi connectivity index (χ1n) is 9.45. The lowest BCUT2D eigenvalue weighted by Gasteiger charge is -2.20. The highest BCUT2D eigenvalue weighted by Gasteiger charge is 2.12. The highest BCUT2D eigenvalue weighted by Crippen LogP contribution is 2.28. The molecule has 0 saturated heterocycles. The zero-order chi connectivity index (χ0) is 20.5. The maximum atomic E-state index is 12.9. The van der Waals surface area contributed by atoms with Crippen molar-refractivity contribution in [2.24, 2.45) is 0 Å². The summed E-state index contributed by atoms with van der Waals surface area (Å²) in [5, 5.41) is 2.04. The molecule has 3 rings (SSSR count). The normalized spacial score (nSPS) is 10.8. The van der Waals surface area contributed by atoms with E-state index in [0.29, 0.717) is 24.6 Å². The molecule has 1 heterocycles. The van der Waals surface area contributed by atoms with Gasteiger partial charge in [0.1, 0.15) is 0 Å². The van der Waals surface area contributed by atoms with Crippen LogP contribution >= 0.6 is 11.3 Å². The van der Waals surface area contributed by atoms with Crippen molar-refractivity contribution in [1.82, 2.24) is 4.90 Å². The Morgan fingerprint density at radius 2 is 1.79 bits per heavy atom. The van der Waals surface area contributed by atoms with E-state index >= 15 is 0 Å². The summed E-state index contributed by atoms with van der Waals surface area (Å²) in [7, 11) is 3.20. The fraction of sp³-hybridized carbons (Fsp3) is 0.208. The molecule has 0 N–H and O–H groups in total. The van der Waals surface area contributed by atoms with Gasteiger partial charge in [-0.2, -0.15) is 0 Å². The number of nitrogens with zero attached hydrogens (tertiary/aromatic N) is 1. The van der Waals surface area contributed by atoms with E-state index in [9.17, 15) is 4.79 Å². The molecule has 0 unspecified atom stereocenters. The van der Waals surface area contributed by atoms with Gasteiger partial charge in [0.05, 0.1) is 20.8 Å². The van der Waals surface area contributed by atoms with Gasteiger partial charge in [-0.1, -0.05) is 42.5 Å². The van der Waals surface area contributed by atoms with Gasteiger partial charge in [-0.25, -0.2) is 0 Å². The van der Waals surface area contributed by atoms with Gasteiger partial charge in [0.15, 0.2) is 11.5 Å². The Labute approximate surface area is 176 Å². The molecular weight excluding hydrogens is 382 g/mol. The van der Waals surface area contributed by atoms with Crippen molar-refractivity contribution >= 4 is 23.3 Å². The summed E-state index contributed by atoms with van der Waals surface area (Å²) in [5.41, 5.74) is 2.11. The minimum atomic E-state index is -0.0101. The van der Waals surface area contributed by atoms with Crippen molar-refractivity contribution in [3.8, 4) is 11.5 Å². The first-order valence-corrected chi connectivity index (χ1v) is 10.3. The molecule has 0 fully saturated rings. The number of rotatable bonds is 9. The van der Waals surface area contributed by atoms with Gasteiger partial charge in [-0.05, 0) is 47.2 Å². The molecule has 0 atom stereocenters. The number of hydrogen-bond acceptors (Lipinski definition) is 4. The molecule has 0 aliphatic carbocycles. The van der Waals surface area contributed by atoms with Crippen molar-refractivity contribution in [2.75, 3.05) is 20.8 Å². The third-order valence-corrected chi connectivity index (χ3v) is 5.44. The Morgan fingerprint density at radius 1 is 1.00 bits per heavy atom. The zero-order valence-electron chi connectivity index (χ0n) is 16.7. The third-order valence-electron chi connectivity index (χ3n) is 4.58. The topological polar surface area (TPSA) is 38.8 Å². The van der Waals surface area contributed by atoms with Gasteiger partial charge in [-0.3, -0.25) is 4.79 Å². The highest BCUT2D eigenvalue weighted by atomic mass is 32.1. The SMILES string of the molecule is COc1ccc(/C=C/C(=O)N(CCc2ccccc2)Cc2cccs2)cc1OC. The smallest absolute Gasteiger partial charge is 0.246 e. The standard InChI is InChI=1S/C24H25NO3S/c1-27-22-12-10-20(17-23(22)28-2)11-13-24(26)25(18-21-9-6-16-29-21)15-14-19-7-4-3-5-8-19/h3-13,16-17H,14-15,18H2,1-2H3/b13-11+. The third kappa shape index (κ3) is 5.96. The van der Waals surface area contributed by atoms with Crippen LogP contribution in [-0.2, 0) is 17.8 Å². The molecule has 29 heavy (non-hydrogen) atoms. The number of methoxy groups -OCH3 is 2. The number of carbonyl (C=O) groups is 1. The first-order chi connectivity index (χ1) is 14.2. The second-order valence-electron chi connectivity index (χ2n) is 6.52. The number of carbonyl (C=O) groups excluding carboxylic acids is 1. The maximum absolute atomic E-state index is 12.9. The molecule has 0 aliphatic rings. The molecule has 0 aliphatic heterocycles. The van der Waals surface area contributed by atoms with Crippen molar-refractivity contribution in [2.45, 2.75) is 13.0 Å². The predicted molar refractivity (Wildman–Crippen MR) is 118 cm³/mol. The van der Waals surface area contributed by atoms with E-state index < -0.39 is 0 Å². The quantitative estimate of drug-likeness (QED) is 0.466. The van der Waals surface area contributed by atoms with Gasteiger partial charge in [0.2, 0.25) is 5.91 Å². The van der Waals surface area contributed by atoms with E-state index in [-0.39, 0.29) is 5.91 Å². The van der Waals surface area contributed by atoms with Crippen molar-refractivity contribution in [3.63, 3.8) is 0 Å². The Morgan fingerprint density at radius 3 is 2.48 bits per heavy atom. The second-order valence-corrected chi connectivity index (χ2v) is 7.55. The van der Waals surface area contributed by atoms with Crippen molar-refractivity contribution in [3.05, 3.63) is 88.1 Å². The molecule has 0 bridgehead atoms. The number of ether oxygens (including phenoxy) is 2. The van der Waals surface area contributed by atoms with Gasteiger partial charge in [0.25, 0.3) is 0 Å². The summed E-state index contributed by atoms with van der Waals surface area (Å²) in [5.74, 6) is 1.30. The fourth-order valence-electron chi connectivity index (χ4n) is 3.00. The predicted octanol–water partition coefficient (Wildman–Crippen LogP) is 5.05. The first kappa shape index (κ1) is 20.7. The van der Waals surface area contributed by atoms with Crippen LogP contribution in [0.5, 0.6) is 11.5 Å². The number of hydrogen-bond donors (Lipinski definition) is 0. The van der Waals surface area contributed by atoms with Gasteiger partial charge < -0.3 is 14.4 Å². The second kappa shape index (κ2) is 10.5. The van der Waals surface area contributed by atoms with E-state index in [1.807, 2.05) is 58.8 Å². The van der Waals surface area contributed by atoms with E-state index in [0.717, 1.165) is 12.0 Å². The highest BCUT2D eigenvalue weighted by molar-refractivity contribution is 7.09. The van der Waals surface area contributed by atoms with Crippen molar-refractivity contribution in [1.29, 1.82) is 0 Å². The lowest BCUT2D eigenvalue weighted by atomic mass is 10.1. The molecule has 2 aromatic carbocycles. The summed E-state index contributed by atoms with van der Waals surface area (Å²) in [6, 6.07) is 19.9. The van der Waals surface area contributed by atoms with Gasteiger partial charge in [0, 0.05) is 17.5 Å². The molecule has 5 heteroatoms. The van der Waals surface area contributed by atoms with Crippen LogP contribution in [0.1, 0.15) is 16.0 Å². The summed E-state index contributed by atoms with van der Waals surface area (Å²) in [4.78, 5) is 16.0. The summed E-state index contributed by atoms with van der Waals surface area (Å²) >= 11 is 1.67. The van der Waals surface area contributed by atoms with Crippen LogP contribution in [0.2, 0.25) is 0 Å². The van der Waals surface area contributed by atoms with Crippen LogP contribution in [0.25, 0.3) is 6.08 Å². The van der Waals surface area contributed by atoms with Crippen molar-refractivity contribution < 1.29 is 14.3 Å². The lowest BCUT2D eigenvalue weighted by Crippen LogP contribution is -2.30. The molecule has 1 amide bonds. The number of benzene rings is 2. The van der Waals surface area contributed by atoms with Crippen LogP contribution in [-0.4, -0.2) is 31.6 Å².